The summed E-state index contributed by atoms with van der Waals surface area (Å²) in [6, 6.07) is 10.5. The topological polar surface area (TPSA) is 75.0 Å². The highest BCUT2D eigenvalue weighted by Gasteiger charge is 2.30. The SMILES string of the molecule is NCc1nc(C(=O)N2CCCCC2c2cc3ccccc3[nH]2)cs1. The molecule has 3 heterocycles. The van der Waals surface area contributed by atoms with E-state index in [4.69, 9.17) is 5.73 Å². The van der Waals surface area contributed by atoms with E-state index in [0.29, 0.717) is 12.2 Å². The second kappa shape index (κ2) is 6.37. The molecule has 1 aliphatic rings. The summed E-state index contributed by atoms with van der Waals surface area (Å²) in [5.41, 5.74) is 8.36. The molecule has 0 aliphatic carbocycles. The quantitative estimate of drug-likeness (QED) is 0.767. The van der Waals surface area contributed by atoms with Gasteiger partial charge in [-0.15, -0.1) is 11.3 Å². The third-order valence-electron chi connectivity index (χ3n) is 4.62. The van der Waals surface area contributed by atoms with Crippen LogP contribution in [0, 0.1) is 0 Å². The predicted octanol–water partition coefficient (Wildman–Crippen LogP) is 3.45. The number of aromatic amines is 1. The van der Waals surface area contributed by atoms with Gasteiger partial charge in [-0.05, 0) is 36.8 Å². The van der Waals surface area contributed by atoms with Gasteiger partial charge in [-0.3, -0.25) is 4.79 Å². The first-order valence-electron chi connectivity index (χ1n) is 8.29. The number of piperidine rings is 1. The molecule has 1 unspecified atom stereocenters. The van der Waals surface area contributed by atoms with Crippen molar-refractivity contribution in [2.45, 2.75) is 31.8 Å². The average Bonchev–Trinajstić information content (AvgIpc) is 3.27. The van der Waals surface area contributed by atoms with E-state index in [0.717, 1.165) is 42.0 Å². The Morgan fingerprint density at radius 2 is 2.25 bits per heavy atom. The van der Waals surface area contributed by atoms with Gasteiger partial charge in [0.2, 0.25) is 0 Å². The molecule has 2 aromatic heterocycles. The van der Waals surface area contributed by atoms with Gasteiger partial charge in [-0.1, -0.05) is 18.2 Å². The predicted molar refractivity (Wildman–Crippen MR) is 95.9 cm³/mol. The number of aromatic nitrogens is 2. The number of nitrogens with two attached hydrogens (primary N) is 1. The Morgan fingerprint density at radius 1 is 1.38 bits per heavy atom. The molecule has 124 valence electrons. The number of carbonyl (C=O) groups excluding carboxylic acids is 1. The lowest BCUT2D eigenvalue weighted by Gasteiger charge is -2.34. The molecule has 24 heavy (non-hydrogen) atoms. The van der Waals surface area contributed by atoms with Crippen molar-refractivity contribution in [3.8, 4) is 0 Å². The van der Waals surface area contributed by atoms with Crippen molar-refractivity contribution in [2.24, 2.45) is 5.73 Å². The number of carbonyl (C=O) groups is 1. The lowest BCUT2D eigenvalue weighted by molar-refractivity contribution is 0.0601. The summed E-state index contributed by atoms with van der Waals surface area (Å²) in [6.45, 7) is 1.15. The first-order chi connectivity index (χ1) is 11.8. The van der Waals surface area contributed by atoms with Crippen LogP contribution in [0.3, 0.4) is 0 Å². The zero-order chi connectivity index (χ0) is 16.5. The molecule has 0 bridgehead atoms. The van der Waals surface area contributed by atoms with Gasteiger partial charge in [0, 0.05) is 29.7 Å². The van der Waals surface area contributed by atoms with Crippen LogP contribution in [-0.4, -0.2) is 27.3 Å². The number of likely N-dealkylation sites (tertiary alicyclic amines) is 1. The van der Waals surface area contributed by atoms with Gasteiger partial charge < -0.3 is 15.6 Å². The summed E-state index contributed by atoms with van der Waals surface area (Å²) in [5.74, 6) is 0.00862. The normalized spacial score (nSPS) is 18.2. The van der Waals surface area contributed by atoms with Gasteiger partial charge in [-0.2, -0.15) is 0 Å². The summed E-state index contributed by atoms with van der Waals surface area (Å²) in [6.07, 6.45) is 3.15. The van der Waals surface area contributed by atoms with Gasteiger partial charge >= 0.3 is 0 Å². The number of nitrogens with zero attached hydrogens (tertiary/aromatic N) is 2. The largest absolute Gasteiger partial charge is 0.357 e. The maximum atomic E-state index is 12.9. The third kappa shape index (κ3) is 2.72. The van der Waals surface area contributed by atoms with Gasteiger partial charge in [-0.25, -0.2) is 4.98 Å². The highest BCUT2D eigenvalue weighted by molar-refractivity contribution is 7.09. The lowest BCUT2D eigenvalue weighted by atomic mass is 9.99. The molecule has 0 radical (unpaired) electrons. The fourth-order valence-corrected chi connectivity index (χ4v) is 4.07. The van der Waals surface area contributed by atoms with Crippen molar-refractivity contribution in [3.05, 3.63) is 52.1 Å². The van der Waals surface area contributed by atoms with Crippen LogP contribution in [-0.2, 0) is 6.54 Å². The Balaban J connectivity index is 1.66. The lowest BCUT2D eigenvalue weighted by Crippen LogP contribution is -2.38. The Hall–Kier alpha value is -2.18. The zero-order valence-electron chi connectivity index (χ0n) is 13.4. The minimum Gasteiger partial charge on any atom is -0.357 e. The second-order valence-electron chi connectivity index (χ2n) is 6.15. The molecule has 1 fully saturated rings. The highest BCUT2D eigenvalue weighted by Crippen LogP contribution is 2.33. The summed E-state index contributed by atoms with van der Waals surface area (Å²) in [7, 11) is 0. The highest BCUT2D eigenvalue weighted by atomic mass is 32.1. The molecule has 1 amide bonds. The van der Waals surface area contributed by atoms with Crippen LogP contribution in [0.25, 0.3) is 10.9 Å². The van der Waals surface area contributed by atoms with E-state index in [1.165, 1.54) is 16.7 Å². The number of para-hydroxylation sites is 1. The van der Waals surface area contributed by atoms with E-state index in [1.807, 2.05) is 22.4 Å². The molecule has 6 heteroatoms. The van der Waals surface area contributed by atoms with Crippen LogP contribution < -0.4 is 5.73 Å². The van der Waals surface area contributed by atoms with E-state index in [-0.39, 0.29) is 11.9 Å². The van der Waals surface area contributed by atoms with E-state index >= 15 is 0 Å². The van der Waals surface area contributed by atoms with Crippen molar-refractivity contribution in [2.75, 3.05) is 6.54 Å². The number of H-pyrrole nitrogens is 1. The molecule has 3 N–H and O–H groups in total. The van der Waals surface area contributed by atoms with Gasteiger partial charge in [0.1, 0.15) is 10.7 Å². The minimum absolute atomic E-state index is 0.00862. The average molecular weight is 340 g/mol. The van der Waals surface area contributed by atoms with Crippen LogP contribution in [0.15, 0.2) is 35.7 Å². The first kappa shape index (κ1) is 15.4. The number of thiazole rings is 1. The Bertz CT molecular complexity index is 836. The molecule has 1 aromatic carbocycles. The molecule has 1 saturated heterocycles. The number of amides is 1. The standard InChI is InChI=1S/C18H20N4OS/c19-10-17-21-15(11-24-17)18(23)22-8-4-3-7-16(22)14-9-12-5-1-2-6-13(12)20-14/h1-2,5-6,9,11,16,20H,3-4,7-8,10,19H2. The molecule has 1 atom stereocenters. The van der Waals surface area contributed by atoms with Crippen molar-refractivity contribution < 1.29 is 4.79 Å². The molecule has 0 saturated carbocycles. The Morgan fingerprint density at radius 3 is 3.04 bits per heavy atom. The number of hydrogen-bond acceptors (Lipinski definition) is 4. The molecule has 3 aromatic rings. The summed E-state index contributed by atoms with van der Waals surface area (Å²) in [4.78, 5) is 22.8. The molecule has 5 nitrogen and oxygen atoms in total. The fraction of sp³-hybridized carbons (Fsp3) is 0.333. The monoisotopic (exact) mass is 340 g/mol. The van der Waals surface area contributed by atoms with Crippen LogP contribution in [0.5, 0.6) is 0 Å². The van der Waals surface area contributed by atoms with Crippen LogP contribution in [0.1, 0.15) is 46.5 Å². The van der Waals surface area contributed by atoms with Crippen LogP contribution >= 0.6 is 11.3 Å². The maximum Gasteiger partial charge on any atom is 0.273 e. The third-order valence-corrected chi connectivity index (χ3v) is 5.49. The second-order valence-corrected chi connectivity index (χ2v) is 7.10. The summed E-state index contributed by atoms with van der Waals surface area (Å²) >= 11 is 1.45. The zero-order valence-corrected chi connectivity index (χ0v) is 14.2. The van der Waals surface area contributed by atoms with Crippen LogP contribution in [0.4, 0.5) is 0 Å². The van der Waals surface area contributed by atoms with E-state index in [1.54, 1.807) is 0 Å². The van der Waals surface area contributed by atoms with Crippen molar-refractivity contribution in [1.82, 2.24) is 14.9 Å². The van der Waals surface area contributed by atoms with Crippen molar-refractivity contribution in [3.63, 3.8) is 0 Å². The van der Waals surface area contributed by atoms with E-state index < -0.39 is 0 Å². The molecule has 4 rings (SSSR count). The molecular formula is C18H20N4OS. The minimum atomic E-state index is 0.00862. The Labute approximate surface area is 144 Å². The first-order valence-corrected chi connectivity index (χ1v) is 9.17. The van der Waals surface area contributed by atoms with Crippen molar-refractivity contribution in [1.29, 1.82) is 0 Å². The van der Waals surface area contributed by atoms with Crippen LogP contribution in [0.2, 0.25) is 0 Å². The van der Waals surface area contributed by atoms with Crippen molar-refractivity contribution >= 4 is 28.1 Å². The summed E-state index contributed by atoms with van der Waals surface area (Å²) in [5, 5.41) is 3.81. The maximum absolute atomic E-state index is 12.9. The smallest absolute Gasteiger partial charge is 0.273 e. The van der Waals surface area contributed by atoms with Gasteiger partial charge in [0.05, 0.1) is 6.04 Å². The molecule has 0 spiro atoms. The Kier molecular flexibility index (Phi) is 4.08. The van der Waals surface area contributed by atoms with E-state index in [2.05, 4.69) is 28.2 Å². The number of benzene rings is 1. The van der Waals surface area contributed by atoms with Gasteiger partial charge in [0.25, 0.3) is 5.91 Å². The van der Waals surface area contributed by atoms with E-state index in [9.17, 15) is 4.79 Å². The molecule has 1 aliphatic heterocycles. The number of rotatable bonds is 3. The van der Waals surface area contributed by atoms with Gasteiger partial charge in [0.15, 0.2) is 0 Å². The number of fused-ring (bicyclic) bond motifs is 1. The fourth-order valence-electron chi connectivity index (χ4n) is 3.42. The number of nitrogens with one attached hydrogen (secondary N) is 1. The molecular weight excluding hydrogens is 320 g/mol. The summed E-state index contributed by atoms with van der Waals surface area (Å²) < 4.78 is 0. The number of hydrogen-bond donors (Lipinski definition) is 2.